The van der Waals surface area contributed by atoms with E-state index in [4.69, 9.17) is 18.0 Å². The van der Waals surface area contributed by atoms with Crippen molar-refractivity contribution in [2.45, 2.75) is 39.2 Å². The Morgan fingerprint density at radius 2 is 2.00 bits per heavy atom. The van der Waals surface area contributed by atoms with Crippen molar-refractivity contribution in [1.82, 2.24) is 14.3 Å². The van der Waals surface area contributed by atoms with Crippen LogP contribution in [0.2, 0.25) is 0 Å². The van der Waals surface area contributed by atoms with Gasteiger partial charge >= 0.3 is 0 Å². The van der Waals surface area contributed by atoms with Crippen LogP contribution in [-0.4, -0.2) is 51.0 Å². The van der Waals surface area contributed by atoms with Gasteiger partial charge in [0.1, 0.15) is 5.82 Å². The average molecular weight is 313 g/mol. The summed E-state index contributed by atoms with van der Waals surface area (Å²) in [6.45, 7) is 10.1. The van der Waals surface area contributed by atoms with Gasteiger partial charge in [-0.2, -0.15) is 4.37 Å². The van der Waals surface area contributed by atoms with E-state index < -0.39 is 0 Å². The van der Waals surface area contributed by atoms with E-state index in [1.54, 1.807) is 0 Å². The summed E-state index contributed by atoms with van der Waals surface area (Å²) >= 11 is 6.68. The molecule has 2 N–H and O–H groups in total. The summed E-state index contributed by atoms with van der Waals surface area (Å²) < 4.78 is 4.41. The van der Waals surface area contributed by atoms with Crippen LogP contribution in [0.4, 0.5) is 5.13 Å². The Kier molecular flexibility index (Phi) is 4.93. The van der Waals surface area contributed by atoms with Crippen LogP contribution in [0.15, 0.2) is 0 Å². The molecule has 2 rings (SSSR count). The molecule has 0 aliphatic carbocycles. The first-order chi connectivity index (χ1) is 9.45. The van der Waals surface area contributed by atoms with Crippen LogP contribution in [0.3, 0.4) is 0 Å². The molecule has 1 aromatic rings. The summed E-state index contributed by atoms with van der Waals surface area (Å²) in [6, 6.07) is 0. The maximum Gasteiger partial charge on any atom is 0.205 e. The summed E-state index contributed by atoms with van der Waals surface area (Å²) in [7, 11) is 0. The van der Waals surface area contributed by atoms with Crippen molar-refractivity contribution in [2.24, 2.45) is 5.73 Å². The van der Waals surface area contributed by atoms with E-state index >= 15 is 0 Å². The Balaban J connectivity index is 1.95. The average Bonchev–Trinajstić information content (AvgIpc) is 2.88. The SMILES string of the molecule is CCCc1nsc(N2CCN(C(C)(C)C(N)=S)CC2)n1. The van der Waals surface area contributed by atoms with Crippen molar-refractivity contribution in [1.29, 1.82) is 0 Å². The van der Waals surface area contributed by atoms with Crippen molar-refractivity contribution in [3.05, 3.63) is 5.82 Å². The minimum absolute atomic E-state index is 0.212. The quantitative estimate of drug-likeness (QED) is 0.835. The highest BCUT2D eigenvalue weighted by Crippen LogP contribution is 2.23. The fourth-order valence-electron chi connectivity index (χ4n) is 2.31. The molecule has 1 fully saturated rings. The van der Waals surface area contributed by atoms with E-state index in [-0.39, 0.29) is 5.54 Å². The molecule has 20 heavy (non-hydrogen) atoms. The number of piperazine rings is 1. The molecule has 0 unspecified atom stereocenters. The Morgan fingerprint density at radius 3 is 2.55 bits per heavy atom. The number of aromatic nitrogens is 2. The fraction of sp³-hybridized carbons (Fsp3) is 0.769. The van der Waals surface area contributed by atoms with Gasteiger partial charge in [-0.3, -0.25) is 4.90 Å². The van der Waals surface area contributed by atoms with E-state index in [1.165, 1.54) is 11.5 Å². The van der Waals surface area contributed by atoms with Crippen molar-refractivity contribution in [3.8, 4) is 0 Å². The molecule has 0 amide bonds. The lowest BCUT2D eigenvalue weighted by atomic mass is 10.0. The number of nitrogens with zero attached hydrogens (tertiary/aromatic N) is 4. The fourth-order valence-corrected chi connectivity index (χ4v) is 3.20. The molecular formula is C13H23N5S2. The first-order valence-corrected chi connectivity index (χ1v) is 8.25. The largest absolute Gasteiger partial charge is 0.392 e. The topological polar surface area (TPSA) is 58.3 Å². The van der Waals surface area contributed by atoms with E-state index in [9.17, 15) is 0 Å². The third-order valence-corrected chi connectivity index (χ3v) is 5.19. The molecule has 112 valence electrons. The molecule has 0 spiro atoms. The second-order valence-corrected chi connectivity index (χ2v) is 6.81. The highest BCUT2D eigenvalue weighted by atomic mass is 32.1. The molecule has 0 aromatic carbocycles. The lowest BCUT2D eigenvalue weighted by molar-refractivity contribution is 0.168. The zero-order valence-electron chi connectivity index (χ0n) is 12.4. The number of rotatable bonds is 5. The van der Waals surface area contributed by atoms with Gasteiger partial charge in [-0.05, 0) is 20.3 Å². The standard InChI is InChI=1S/C13H23N5S2/c1-4-5-10-15-12(20-16-10)17-6-8-18(9-7-17)13(2,3)11(14)19/h4-9H2,1-3H3,(H2,14,19). The lowest BCUT2D eigenvalue weighted by Crippen LogP contribution is -2.59. The van der Waals surface area contributed by atoms with Gasteiger partial charge in [0, 0.05) is 44.1 Å². The first-order valence-electron chi connectivity index (χ1n) is 7.07. The van der Waals surface area contributed by atoms with Crippen LogP contribution in [0, 0.1) is 0 Å². The van der Waals surface area contributed by atoms with Gasteiger partial charge in [0.15, 0.2) is 0 Å². The highest BCUT2D eigenvalue weighted by molar-refractivity contribution is 7.80. The molecule has 1 aromatic heterocycles. The second-order valence-electron chi connectivity index (χ2n) is 5.64. The predicted octanol–water partition coefficient (Wildman–Crippen LogP) is 1.68. The minimum Gasteiger partial charge on any atom is -0.392 e. The normalized spacial score (nSPS) is 17.4. The Morgan fingerprint density at radius 1 is 1.35 bits per heavy atom. The number of aryl methyl sites for hydroxylation is 1. The smallest absolute Gasteiger partial charge is 0.205 e. The molecule has 1 aliphatic heterocycles. The van der Waals surface area contributed by atoms with Crippen molar-refractivity contribution >= 4 is 33.9 Å². The zero-order chi connectivity index (χ0) is 14.8. The molecule has 1 saturated heterocycles. The van der Waals surface area contributed by atoms with E-state index in [1.807, 2.05) is 0 Å². The highest BCUT2D eigenvalue weighted by Gasteiger charge is 2.32. The van der Waals surface area contributed by atoms with Crippen LogP contribution in [0.25, 0.3) is 0 Å². The maximum absolute atomic E-state index is 5.84. The summed E-state index contributed by atoms with van der Waals surface area (Å²) in [5, 5.41) is 1.04. The molecule has 0 atom stereocenters. The summed E-state index contributed by atoms with van der Waals surface area (Å²) in [6.07, 6.45) is 2.05. The number of hydrogen-bond donors (Lipinski definition) is 1. The first kappa shape index (κ1) is 15.6. The Labute approximate surface area is 130 Å². The van der Waals surface area contributed by atoms with E-state index in [0.717, 1.165) is 50.0 Å². The third-order valence-electron chi connectivity index (χ3n) is 3.87. The van der Waals surface area contributed by atoms with Gasteiger partial charge in [-0.25, -0.2) is 4.98 Å². The summed E-state index contributed by atoms with van der Waals surface area (Å²) in [4.78, 5) is 9.83. The number of thiocarbonyl (C=S) groups is 1. The molecular weight excluding hydrogens is 290 g/mol. The number of anilines is 1. The van der Waals surface area contributed by atoms with Crippen LogP contribution in [-0.2, 0) is 6.42 Å². The molecule has 1 aliphatic rings. The van der Waals surface area contributed by atoms with Gasteiger partial charge in [-0.1, -0.05) is 19.1 Å². The molecule has 7 heteroatoms. The second kappa shape index (κ2) is 6.32. The van der Waals surface area contributed by atoms with Gasteiger partial charge in [0.25, 0.3) is 0 Å². The third kappa shape index (κ3) is 3.27. The van der Waals surface area contributed by atoms with Crippen molar-refractivity contribution in [2.75, 3.05) is 31.1 Å². The van der Waals surface area contributed by atoms with Gasteiger partial charge in [0.05, 0.1) is 10.5 Å². The predicted molar refractivity (Wildman–Crippen MR) is 88.6 cm³/mol. The van der Waals surface area contributed by atoms with Crippen LogP contribution >= 0.6 is 23.8 Å². The van der Waals surface area contributed by atoms with Gasteiger partial charge < -0.3 is 10.6 Å². The van der Waals surface area contributed by atoms with Crippen LogP contribution in [0.1, 0.15) is 33.0 Å². The summed E-state index contributed by atoms with van der Waals surface area (Å²) in [5.74, 6) is 0.971. The van der Waals surface area contributed by atoms with E-state index in [2.05, 4.69) is 39.9 Å². The zero-order valence-corrected chi connectivity index (χ0v) is 14.1. The Bertz CT molecular complexity index is 463. The molecule has 2 heterocycles. The van der Waals surface area contributed by atoms with Crippen molar-refractivity contribution < 1.29 is 0 Å². The molecule has 5 nitrogen and oxygen atoms in total. The lowest BCUT2D eigenvalue weighted by Gasteiger charge is -2.43. The maximum atomic E-state index is 5.84. The van der Waals surface area contributed by atoms with Crippen LogP contribution < -0.4 is 10.6 Å². The number of nitrogens with two attached hydrogens (primary N) is 1. The monoisotopic (exact) mass is 313 g/mol. The van der Waals surface area contributed by atoms with Crippen molar-refractivity contribution in [3.63, 3.8) is 0 Å². The molecule has 0 saturated carbocycles. The van der Waals surface area contributed by atoms with Gasteiger partial charge in [-0.15, -0.1) is 0 Å². The van der Waals surface area contributed by atoms with Gasteiger partial charge in [0.2, 0.25) is 5.13 Å². The minimum atomic E-state index is -0.212. The molecule has 0 radical (unpaired) electrons. The summed E-state index contributed by atoms with van der Waals surface area (Å²) in [5.41, 5.74) is 5.63. The molecule has 0 bridgehead atoms. The number of hydrogen-bond acceptors (Lipinski definition) is 6. The Hall–Kier alpha value is -0.790. The van der Waals surface area contributed by atoms with E-state index in [0.29, 0.717) is 4.99 Å². The van der Waals surface area contributed by atoms with Crippen LogP contribution in [0.5, 0.6) is 0 Å².